The van der Waals surface area contributed by atoms with E-state index in [0.29, 0.717) is 56.8 Å². The number of allylic oxidation sites excluding steroid dienone is 1. The number of carbonyl (C=O) groups excluding carboxylic acids is 1. The van der Waals surface area contributed by atoms with Gasteiger partial charge in [-0.3, -0.25) is 9.36 Å². The number of hydrogen-bond donors (Lipinski definition) is 0. The molecule has 0 N–H and O–H groups in total. The van der Waals surface area contributed by atoms with E-state index in [-0.39, 0.29) is 5.56 Å². The van der Waals surface area contributed by atoms with E-state index in [2.05, 4.69) is 0 Å². The molecule has 1 atom stereocenters. The zero-order valence-electron chi connectivity index (χ0n) is 22.9. The largest absolute Gasteiger partial charge is 0.490 e. The third kappa shape index (κ3) is 5.85. The van der Waals surface area contributed by atoms with Gasteiger partial charge in [0.25, 0.3) is 5.56 Å². The third-order valence-electron chi connectivity index (χ3n) is 6.67. The highest BCUT2D eigenvalue weighted by Crippen LogP contribution is 2.32. The number of fused-ring (bicyclic) bond motifs is 1. The zero-order chi connectivity index (χ0) is 28.9. The van der Waals surface area contributed by atoms with Gasteiger partial charge < -0.3 is 14.2 Å². The van der Waals surface area contributed by atoms with E-state index in [1.54, 1.807) is 10.6 Å². The maximum absolute atomic E-state index is 13.9. The molecular formula is C32H29ClN2O5S. The van der Waals surface area contributed by atoms with Crippen molar-refractivity contribution in [2.24, 2.45) is 4.99 Å². The quantitative estimate of drug-likeness (QED) is 0.244. The molecule has 0 saturated heterocycles. The molecular weight excluding hydrogens is 560 g/mol. The summed E-state index contributed by atoms with van der Waals surface area (Å²) < 4.78 is 19.1. The lowest BCUT2D eigenvalue weighted by molar-refractivity contribution is -0.136. The maximum Gasteiger partial charge on any atom is 0.338 e. The Hall–Kier alpha value is -4.14. The summed E-state index contributed by atoms with van der Waals surface area (Å²) in [6.07, 6.45) is 2.33. The first kappa shape index (κ1) is 28.4. The summed E-state index contributed by atoms with van der Waals surface area (Å²) >= 11 is 7.57. The van der Waals surface area contributed by atoms with Crippen molar-refractivity contribution in [3.05, 3.63) is 125 Å². The summed E-state index contributed by atoms with van der Waals surface area (Å²) in [5.41, 5.74) is 3.18. The fraction of sp³-hybridized carbons (Fsp3) is 0.219. The number of methoxy groups -OCH3 is 1. The summed E-state index contributed by atoms with van der Waals surface area (Å²) in [6.45, 7) is 4.57. The van der Waals surface area contributed by atoms with Crippen molar-refractivity contribution in [2.45, 2.75) is 32.9 Å². The standard InChI is InChI=1S/C32H29ClN2O5S/c1-4-24-28(31(37)38-3)29(21-11-7-6-8-12-21)35-30(36)27(41-32(35)34-24)18-20-15-16-25(26(17-20)39-5-2)40-19-22-13-9-10-14-23(22)33/h6-18,29H,4-5,19H2,1-3H3/b27-18-/t29-/m0/s1. The van der Waals surface area contributed by atoms with Gasteiger partial charge in [-0.2, -0.15) is 0 Å². The average Bonchev–Trinajstić information content (AvgIpc) is 3.30. The van der Waals surface area contributed by atoms with Crippen molar-refractivity contribution < 1.29 is 19.0 Å². The number of hydrogen-bond acceptors (Lipinski definition) is 7. The van der Waals surface area contributed by atoms with E-state index in [1.165, 1.54) is 18.4 Å². The highest BCUT2D eigenvalue weighted by molar-refractivity contribution is 7.07. The number of benzene rings is 3. The van der Waals surface area contributed by atoms with E-state index in [4.69, 9.17) is 30.8 Å². The number of carbonyl (C=O) groups is 1. The number of thiazole rings is 1. The zero-order valence-corrected chi connectivity index (χ0v) is 24.5. The molecule has 1 aliphatic rings. The van der Waals surface area contributed by atoms with Crippen LogP contribution in [-0.4, -0.2) is 24.3 Å². The lowest BCUT2D eigenvalue weighted by Gasteiger charge is -2.25. The lowest BCUT2D eigenvalue weighted by atomic mass is 9.95. The molecule has 1 aliphatic heterocycles. The second-order valence-electron chi connectivity index (χ2n) is 9.22. The van der Waals surface area contributed by atoms with Gasteiger partial charge in [-0.1, -0.05) is 84.5 Å². The monoisotopic (exact) mass is 588 g/mol. The highest BCUT2D eigenvalue weighted by Gasteiger charge is 2.33. The minimum atomic E-state index is -0.642. The van der Waals surface area contributed by atoms with Gasteiger partial charge in [0.15, 0.2) is 16.3 Å². The first-order valence-electron chi connectivity index (χ1n) is 13.3. The predicted molar refractivity (Wildman–Crippen MR) is 160 cm³/mol. The number of aromatic nitrogens is 1. The van der Waals surface area contributed by atoms with Crippen molar-refractivity contribution in [3.8, 4) is 11.5 Å². The molecule has 2 heterocycles. The Labute approximate surface area is 246 Å². The van der Waals surface area contributed by atoms with E-state index in [1.807, 2.05) is 86.6 Å². The number of nitrogens with zero attached hydrogens (tertiary/aromatic N) is 2. The van der Waals surface area contributed by atoms with Crippen LogP contribution >= 0.6 is 22.9 Å². The number of esters is 1. The normalized spacial score (nSPS) is 14.8. The molecule has 0 spiro atoms. The van der Waals surface area contributed by atoms with Crippen LogP contribution in [0.15, 0.2) is 93.9 Å². The Kier molecular flexibility index (Phi) is 8.71. The number of halogens is 1. The minimum Gasteiger partial charge on any atom is -0.490 e. The van der Waals surface area contributed by atoms with Crippen molar-refractivity contribution in [3.63, 3.8) is 0 Å². The van der Waals surface area contributed by atoms with Crippen molar-refractivity contribution in [2.75, 3.05) is 13.7 Å². The second-order valence-corrected chi connectivity index (χ2v) is 10.6. The first-order chi connectivity index (χ1) is 19.9. The Morgan fingerprint density at radius 1 is 1.02 bits per heavy atom. The van der Waals surface area contributed by atoms with Crippen LogP contribution in [0.2, 0.25) is 5.02 Å². The molecule has 0 unspecified atom stereocenters. The first-order valence-corrected chi connectivity index (χ1v) is 14.5. The molecule has 5 rings (SSSR count). The van der Waals surface area contributed by atoms with Crippen molar-refractivity contribution in [1.82, 2.24) is 4.57 Å². The SMILES string of the molecule is CCOc1cc(/C=c2\sc3n(c2=O)[C@@H](c2ccccc2)C(C(=O)OC)=C(CC)N=3)ccc1OCc1ccccc1Cl. The fourth-order valence-electron chi connectivity index (χ4n) is 4.74. The van der Waals surface area contributed by atoms with Crippen LogP contribution in [0.1, 0.15) is 43.0 Å². The van der Waals surface area contributed by atoms with Crippen LogP contribution < -0.4 is 24.4 Å². The molecule has 4 aromatic rings. The van der Waals surface area contributed by atoms with Gasteiger partial charge in [-0.25, -0.2) is 9.79 Å². The van der Waals surface area contributed by atoms with Gasteiger partial charge in [-0.05, 0) is 48.7 Å². The smallest absolute Gasteiger partial charge is 0.338 e. The molecule has 0 radical (unpaired) electrons. The third-order valence-corrected chi connectivity index (χ3v) is 8.02. The predicted octanol–water partition coefficient (Wildman–Crippen LogP) is 5.43. The summed E-state index contributed by atoms with van der Waals surface area (Å²) in [6, 6.07) is 21.9. The van der Waals surface area contributed by atoms with Gasteiger partial charge in [0.1, 0.15) is 6.61 Å². The molecule has 210 valence electrons. The molecule has 0 amide bonds. The number of rotatable bonds is 9. The molecule has 9 heteroatoms. The van der Waals surface area contributed by atoms with Crippen LogP contribution in [0.4, 0.5) is 0 Å². The topological polar surface area (TPSA) is 79.1 Å². The Morgan fingerprint density at radius 2 is 1.78 bits per heavy atom. The lowest BCUT2D eigenvalue weighted by Crippen LogP contribution is -2.40. The maximum atomic E-state index is 13.9. The van der Waals surface area contributed by atoms with Crippen LogP contribution in [0.3, 0.4) is 0 Å². The summed E-state index contributed by atoms with van der Waals surface area (Å²) in [7, 11) is 1.34. The summed E-state index contributed by atoms with van der Waals surface area (Å²) in [4.78, 5) is 32.1. The van der Waals surface area contributed by atoms with Crippen LogP contribution in [-0.2, 0) is 16.1 Å². The molecule has 7 nitrogen and oxygen atoms in total. The molecule has 0 saturated carbocycles. The summed E-state index contributed by atoms with van der Waals surface area (Å²) in [5, 5.41) is 0.632. The highest BCUT2D eigenvalue weighted by atomic mass is 35.5. The van der Waals surface area contributed by atoms with Crippen molar-refractivity contribution >= 4 is 35.0 Å². The summed E-state index contributed by atoms with van der Waals surface area (Å²) in [5.74, 6) is 0.636. The van der Waals surface area contributed by atoms with E-state index in [0.717, 1.165) is 16.7 Å². The van der Waals surface area contributed by atoms with Crippen LogP contribution in [0.5, 0.6) is 11.5 Å². The van der Waals surface area contributed by atoms with E-state index >= 15 is 0 Å². The minimum absolute atomic E-state index is 0.240. The van der Waals surface area contributed by atoms with Crippen molar-refractivity contribution in [1.29, 1.82) is 0 Å². The molecule has 1 aromatic heterocycles. The second kappa shape index (κ2) is 12.6. The van der Waals surface area contributed by atoms with Gasteiger partial charge in [0.2, 0.25) is 0 Å². The Balaban J connectivity index is 1.57. The number of ether oxygens (including phenoxy) is 3. The Morgan fingerprint density at radius 3 is 2.49 bits per heavy atom. The average molecular weight is 589 g/mol. The van der Waals surface area contributed by atoms with Gasteiger partial charge in [-0.15, -0.1) is 0 Å². The van der Waals surface area contributed by atoms with Gasteiger partial charge in [0.05, 0.1) is 35.6 Å². The molecule has 0 bridgehead atoms. The van der Waals surface area contributed by atoms with Crippen LogP contribution in [0, 0.1) is 0 Å². The molecule has 41 heavy (non-hydrogen) atoms. The van der Waals surface area contributed by atoms with E-state index in [9.17, 15) is 9.59 Å². The Bertz CT molecular complexity index is 1790. The van der Waals surface area contributed by atoms with Crippen LogP contribution in [0.25, 0.3) is 6.08 Å². The van der Waals surface area contributed by atoms with E-state index < -0.39 is 12.0 Å². The molecule has 3 aromatic carbocycles. The fourth-order valence-corrected chi connectivity index (χ4v) is 5.95. The van der Waals surface area contributed by atoms with Gasteiger partial charge >= 0.3 is 5.97 Å². The molecule has 0 aliphatic carbocycles. The molecule has 0 fully saturated rings. The van der Waals surface area contributed by atoms with Gasteiger partial charge in [0, 0.05) is 10.6 Å².